The molecule has 1 unspecified atom stereocenters. The van der Waals surface area contributed by atoms with Gasteiger partial charge in [0.15, 0.2) is 6.29 Å². The summed E-state index contributed by atoms with van der Waals surface area (Å²) in [5.41, 5.74) is 0. The first-order chi connectivity index (χ1) is 7.58. The SMILES string of the molecule is FC(F)(F)CCCCCCOC1CCCO1. The maximum Gasteiger partial charge on any atom is 0.389 e. The second kappa shape index (κ2) is 7.12. The minimum atomic E-state index is -4.01. The minimum Gasteiger partial charge on any atom is -0.353 e. The van der Waals surface area contributed by atoms with Gasteiger partial charge in [-0.15, -0.1) is 0 Å². The Morgan fingerprint density at radius 2 is 1.88 bits per heavy atom. The molecule has 1 aliphatic heterocycles. The van der Waals surface area contributed by atoms with Crippen molar-refractivity contribution in [2.75, 3.05) is 13.2 Å². The Balaban J connectivity index is 1.81. The predicted octanol–water partition coefficient (Wildman–Crippen LogP) is 3.65. The van der Waals surface area contributed by atoms with Crippen LogP contribution in [0.4, 0.5) is 13.2 Å². The van der Waals surface area contributed by atoms with E-state index in [1.807, 2.05) is 0 Å². The van der Waals surface area contributed by atoms with Gasteiger partial charge in [0.05, 0.1) is 0 Å². The Kier molecular flexibility index (Phi) is 6.13. The zero-order valence-corrected chi connectivity index (χ0v) is 9.39. The molecule has 0 spiro atoms. The van der Waals surface area contributed by atoms with E-state index >= 15 is 0 Å². The molecule has 1 saturated heterocycles. The van der Waals surface area contributed by atoms with Crippen LogP contribution >= 0.6 is 0 Å². The molecule has 5 heteroatoms. The number of rotatable bonds is 7. The van der Waals surface area contributed by atoms with Gasteiger partial charge < -0.3 is 9.47 Å². The van der Waals surface area contributed by atoms with Crippen molar-refractivity contribution < 1.29 is 22.6 Å². The molecule has 0 aromatic carbocycles. The highest BCUT2D eigenvalue weighted by molar-refractivity contribution is 4.55. The maximum atomic E-state index is 11.8. The maximum absolute atomic E-state index is 11.8. The van der Waals surface area contributed by atoms with Crippen molar-refractivity contribution in [2.45, 2.75) is 57.4 Å². The molecule has 0 bridgehead atoms. The van der Waals surface area contributed by atoms with Gasteiger partial charge in [0, 0.05) is 26.1 Å². The molecular weight excluding hydrogens is 221 g/mol. The molecule has 0 radical (unpaired) electrons. The standard InChI is InChI=1S/C11H19F3O2/c12-11(13,14)7-3-1-2-4-8-15-10-6-5-9-16-10/h10H,1-9H2. The van der Waals surface area contributed by atoms with Crippen LogP contribution in [0.3, 0.4) is 0 Å². The normalized spacial score (nSPS) is 21.6. The van der Waals surface area contributed by atoms with Crippen LogP contribution in [0.15, 0.2) is 0 Å². The molecule has 0 amide bonds. The van der Waals surface area contributed by atoms with Crippen molar-refractivity contribution in [1.82, 2.24) is 0 Å². The Bertz CT molecular complexity index is 177. The Hall–Kier alpha value is -0.290. The zero-order valence-electron chi connectivity index (χ0n) is 9.39. The van der Waals surface area contributed by atoms with Gasteiger partial charge in [-0.05, 0) is 19.3 Å². The lowest BCUT2D eigenvalue weighted by Crippen LogP contribution is -2.11. The van der Waals surface area contributed by atoms with Gasteiger partial charge in [0.2, 0.25) is 0 Å². The van der Waals surface area contributed by atoms with Crippen molar-refractivity contribution in [3.8, 4) is 0 Å². The lowest BCUT2D eigenvalue weighted by molar-refractivity contribution is -0.135. The first kappa shape index (κ1) is 13.8. The summed E-state index contributed by atoms with van der Waals surface area (Å²) in [4.78, 5) is 0. The van der Waals surface area contributed by atoms with E-state index < -0.39 is 12.6 Å². The number of alkyl halides is 3. The van der Waals surface area contributed by atoms with Crippen molar-refractivity contribution in [3.63, 3.8) is 0 Å². The number of hydrogen-bond donors (Lipinski definition) is 0. The van der Waals surface area contributed by atoms with Crippen molar-refractivity contribution >= 4 is 0 Å². The van der Waals surface area contributed by atoms with E-state index in [4.69, 9.17) is 9.47 Å². The summed E-state index contributed by atoms with van der Waals surface area (Å²) >= 11 is 0. The van der Waals surface area contributed by atoms with Crippen LogP contribution < -0.4 is 0 Å². The van der Waals surface area contributed by atoms with Crippen LogP contribution in [0.5, 0.6) is 0 Å². The van der Waals surface area contributed by atoms with Crippen LogP contribution in [0.1, 0.15) is 44.9 Å². The largest absolute Gasteiger partial charge is 0.389 e. The molecular formula is C11H19F3O2. The van der Waals surface area contributed by atoms with Crippen molar-refractivity contribution in [2.24, 2.45) is 0 Å². The number of hydrogen-bond acceptors (Lipinski definition) is 2. The third-order valence-corrected chi connectivity index (χ3v) is 2.55. The lowest BCUT2D eigenvalue weighted by Gasteiger charge is -2.10. The van der Waals surface area contributed by atoms with Gasteiger partial charge in [-0.25, -0.2) is 0 Å². The third kappa shape index (κ3) is 7.06. The Morgan fingerprint density at radius 1 is 1.12 bits per heavy atom. The molecule has 0 aliphatic carbocycles. The summed E-state index contributed by atoms with van der Waals surface area (Å²) < 4.78 is 46.0. The van der Waals surface area contributed by atoms with Gasteiger partial charge in [-0.3, -0.25) is 0 Å². The van der Waals surface area contributed by atoms with Gasteiger partial charge in [0.1, 0.15) is 0 Å². The Morgan fingerprint density at radius 3 is 2.50 bits per heavy atom. The fourth-order valence-corrected chi connectivity index (χ4v) is 1.68. The summed E-state index contributed by atoms with van der Waals surface area (Å²) in [6, 6.07) is 0. The minimum absolute atomic E-state index is 0.0739. The second-order valence-corrected chi connectivity index (χ2v) is 4.09. The highest BCUT2D eigenvalue weighted by atomic mass is 19.4. The summed E-state index contributed by atoms with van der Waals surface area (Å²) in [5.74, 6) is 0. The quantitative estimate of drug-likeness (QED) is 0.632. The molecule has 1 atom stereocenters. The summed E-state index contributed by atoms with van der Waals surface area (Å²) in [6.07, 6.45) is -0.314. The number of halogens is 3. The van der Waals surface area contributed by atoms with E-state index in [-0.39, 0.29) is 12.7 Å². The molecule has 0 aromatic rings. The summed E-state index contributed by atoms with van der Waals surface area (Å²) in [6.45, 7) is 1.35. The van der Waals surface area contributed by atoms with Gasteiger partial charge in [0.25, 0.3) is 0 Å². The van der Waals surface area contributed by atoms with Gasteiger partial charge >= 0.3 is 6.18 Å². The van der Waals surface area contributed by atoms with Crippen LogP contribution in [0.25, 0.3) is 0 Å². The monoisotopic (exact) mass is 240 g/mol. The molecule has 96 valence electrons. The summed E-state index contributed by atoms with van der Waals surface area (Å²) in [5, 5.41) is 0. The highest BCUT2D eigenvalue weighted by Crippen LogP contribution is 2.23. The van der Waals surface area contributed by atoms with E-state index in [0.717, 1.165) is 32.3 Å². The number of unbranched alkanes of at least 4 members (excludes halogenated alkanes) is 3. The zero-order chi connectivity index (χ0) is 11.9. The number of ether oxygens (including phenoxy) is 2. The van der Waals surface area contributed by atoms with Crippen molar-refractivity contribution in [1.29, 1.82) is 0 Å². The molecule has 1 aliphatic rings. The topological polar surface area (TPSA) is 18.5 Å². The molecule has 1 rings (SSSR count). The van der Waals surface area contributed by atoms with Crippen LogP contribution in [0.2, 0.25) is 0 Å². The van der Waals surface area contributed by atoms with E-state index in [9.17, 15) is 13.2 Å². The van der Waals surface area contributed by atoms with E-state index in [1.54, 1.807) is 0 Å². The molecule has 1 fully saturated rings. The summed E-state index contributed by atoms with van der Waals surface area (Å²) in [7, 11) is 0. The van der Waals surface area contributed by atoms with Gasteiger partial charge in [-0.2, -0.15) is 13.2 Å². The molecule has 0 N–H and O–H groups in total. The highest BCUT2D eigenvalue weighted by Gasteiger charge is 2.25. The first-order valence-electron chi connectivity index (χ1n) is 5.88. The lowest BCUT2D eigenvalue weighted by atomic mass is 10.1. The van der Waals surface area contributed by atoms with Crippen LogP contribution in [-0.4, -0.2) is 25.7 Å². The average Bonchev–Trinajstić information content (AvgIpc) is 2.67. The van der Waals surface area contributed by atoms with Crippen LogP contribution in [-0.2, 0) is 9.47 Å². The predicted molar refractivity (Wildman–Crippen MR) is 54.1 cm³/mol. The molecule has 0 aromatic heterocycles. The fourth-order valence-electron chi connectivity index (χ4n) is 1.68. The fraction of sp³-hybridized carbons (Fsp3) is 1.00. The average molecular weight is 240 g/mol. The van der Waals surface area contributed by atoms with E-state index in [2.05, 4.69) is 0 Å². The molecule has 1 heterocycles. The third-order valence-electron chi connectivity index (χ3n) is 2.55. The van der Waals surface area contributed by atoms with Crippen LogP contribution in [0, 0.1) is 0 Å². The molecule has 2 nitrogen and oxygen atoms in total. The van der Waals surface area contributed by atoms with Crippen molar-refractivity contribution in [3.05, 3.63) is 0 Å². The second-order valence-electron chi connectivity index (χ2n) is 4.09. The Labute approximate surface area is 94.1 Å². The molecule has 16 heavy (non-hydrogen) atoms. The van der Waals surface area contributed by atoms with E-state index in [0.29, 0.717) is 13.0 Å². The molecule has 0 saturated carbocycles. The first-order valence-corrected chi connectivity index (χ1v) is 5.88. The smallest absolute Gasteiger partial charge is 0.353 e. The van der Waals surface area contributed by atoms with E-state index in [1.165, 1.54) is 0 Å². The van der Waals surface area contributed by atoms with Gasteiger partial charge in [-0.1, -0.05) is 12.8 Å².